The highest BCUT2D eigenvalue weighted by Crippen LogP contribution is 2.31. The highest BCUT2D eigenvalue weighted by Gasteiger charge is 2.16. The normalized spacial score (nSPS) is 10.6. The van der Waals surface area contributed by atoms with E-state index in [0.29, 0.717) is 11.3 Å². The van der Waals surface area contributed by atoms with Crippen molar-refractivity contribution in [3.63, 3.8) is 0 Å². The molecule has 0 unspecified atom stereocenters. The van der Waals surface area contributed by atoms with E-state index < -0.39 is 0 Å². The molecule has 1 heterocycles. The summed E-state index contributed by atoms with van der Waals surface area (Å²) < 4.78 is 5.48. The van der Waals surface area contributed by atoms with Gasteiger partial charge in [-0.3, -0.25) is 4.79 Å². The lowest BCUT2D eigenvalue weighted by molar-refractivity contribution is -0.113. The van der Waals surface area contributed by atoms with Crippen molar-refractivity contribution < 1.29 is 9.21 Å². The standard InChI is InChI=1S/C20H18N2O2S/c1-12-8-13(2)20(14(3)9-12)25-11-18(23)22-19-15-6-4-5-7-16(15)24-17(19)10-21/h4-9H,11H2,1-3H3,(H,22,23). The first-order chi connectivity index (χ1) is 12.0. The number of nitrogens with zero attached hydrogens (tertiary/aromatic N) is 1. The molecule has 1 N–H and O–H groups in total. The number of nitriles is 1. The van der Waals surface area contributed by atoms with E-state index in [9.17, 15) is 10.1 Å². The van der Waals surface area contributed by atoms with Gasteiger partial charge in [0, 0.05) is 10.3 Å². The number of carbonyl (C=O) groups excluding carboxylic acids is 1. The van der Waals surface area contributed by atoms with Crippen LogP contribution in [-0.4, -0.2) is 11.7 Å². The zero-order valence-electron chi connectivity index (χ0n) is 14.3. The second-order valence-corrected chi connectivity index (χ2v) is 6.96. The van der Waals surface area contributed by atoms with E-state index in [0.717, 1.165) is 10.3 Å². The number of aryl methyl sites for hydroxylation is 3. The van der Waals surface area contributed by atoms with Gasteiger partial charge in [0.05, 0.1) is 5.75 Å². The molecule has 126 valence electrons. The van der Waals surface area contributed by atoms with Gasteiger partial charge < -0.3 is 9.73 Å². The minimum atomic E-state index is -0.160. The number of benzene rings is 2. The van der Waals surface area contributed by atoms with E-state index in [2.05, 4.69) is 38.2 Å². The average molecular weight is 350 g/mol. The zero-order valence-corrected chi connectivity index (χ0v) is 15.2. The van der Waals surface area contributed by atoms with Gasteiger partial charge in [-0.05, 0) is 44.0 Å². The van der Waals surface area contributed by atoms with Gasteiger partial charge in [-0.2, -0.15) is 5.26 Å². The summed E-state index contributed by atoms with van der Waals surface area (Å²) >= 11 is 1.51. The highest BCUT2D eigenvalue weighted by atomic mass is 32.2. The Bertz CT molecular complexity index is 976. The molecule has 4 nitrogen and oxygen atoms in total. The van der Waals surface area contributed by atoms with Crippen molar-refractivity contribution in [3.05, 3.63) is 58.8 Å². The molecule has 3 rings (SSSR count). The summed E-state index contributed by atoms with van der Waals surface area (Å²) in [7, 11) is 0. The summed E-state index contributed by atoms with van der Waals surface area (Å²) in [6, 6.07) is 13.5. The summed E-state index contributed by atoms with van der Waals surface area (Å²) in [5, 5.41) is 12.8. The Balaban J connectivity index is 1.77. The predicted molar refractivity (Wildman–Crippen MR) is 101 cm³/mol. The quantitative estimate of drug-likeness (QED) is 0.675. The maximum Gasteiger partial charge on any atom is 0.234 e. The first-order valence-corrected chi connectivity index (χ1v) is 8.90. The van der Waals surface area contributed by atoms with Gasteiger partial charge in [-0.1, -0.05) is 29.8 Å². The van der Waals surface area contributed by atoms with Crippen molar-refractivity contribution >= 4 is 34.3 Å². The molecule has 0 spiro atoms. The van der Waals surface area contributed by atoms with Crippen LogP contribution in [0.1, 0.15) is 22.5 Å². The van der Waals surface area contributed by atoms with E-state index in [1.807, 2.05) is 24.3 Å². The fourth-order valence-electron chi connectivity index (χ4n) is 2.96. The predicted octanol–water partition coefficient (Wildman–Crippen LogP) is 4.96. The van der Waals surface area contributed by atoms with Crippen LogP contribution >= 0.6 is 11.8 Å². The minimum Gasteiger partial charge on any atom is -0.443 e. The molecule has 0 aliphatic heterocycles. The summed E-state index contributed by atoms with van der Waals surface area (Å²) in [6.07, 6.45) is 0. The van der Waals surface area contributed by atoms with E-state index in [4.69, 9.17) is 4.42 Å². The fraction of sp³-hybridized carbons (Fsp3) is 0.200. The Kier molecular flexibility index (Phi) is 4.82. The molecule has 5 heteroatoms. The Morgan fingerprint density at radius 1 is 1.20 bits per heavy atom. The maximum atomic E-state index is 12.4. The van der Waals surface area contributed by atoms with Crippen LogP contribution in [0.4, 0.5) is 5.69 Å². The molecular formula is C20H18N2O2S. The SMILES string of the molecule is Cc1cc(C)c(SCC(=O)Nc2c(C#N)oc3ccccc23)c(C)c1. The van der Waals surface area contributed by atoms with Crippen molar-refractivity contribution in [1.29, 1.82) is 5.26 Å². The molecule has 0 radical (unpaired) electrons. The van der Waals surface area contributed by atoms with E-state index in [1.54, 1.807) is 6.07 Å². The molecule has 0 saturated carbocycles. The number of furan rings is 1. The number of amides is 1. The van der Waals surface area contributed by atoms with Crippen LogP contribution in [0.3, 0.4) is 0 Å². The fourth-order valence-corrected chi connectivity index (χ4v) is 3.88. The Hall–Kier alpha value is -2.71. The maximum absolute atomic E-state index is 12.4. The number of hydrogen-bond acceptors (Lipinski definition) is 4. The largest absolute Gasteiger partial charge is 0.443 e. The molecule has 0 bridgehead atoms. The lowest BCUT2D eigenvalue weighted by atomic mass is 10.1. The van der Waals surface area contributed by atoms with Crippen molar-refractivity contribution in [2.75, 3.05) is 11.1 Å². The molecule has 2 aromatic carbocycles. The lowest BCUT2D eigenvalue weighted by Crippen LogP contribution is -2.14. The number of rotatable bonds is 4. The molecule has 1 aromatic heterocycles. The summed E-state index contributed by atoms with van der Waals surface area (Å²) in [5.74, 6) is 0.240. The van der Waals surface area contributed by atoms with Crippen molar-refractivity contribution in [3.8, 4) is 6.07 Å². The third kappa shape index (κ3) is 3.54. The van der Waals surface area contributed by atoms with Crippen molar-refractivity contribution in [1.82, 2.24) is 0 Å². The molecule has 0 aliphatic rings. The van der Waals surface area contributed by atoms with E-state index in [-0.39, 0.29) is 17.4 Å². The minimum absolute atomic E-state index is 0.127. The van der Waals surface area contributed by atoms with Gasteiger partial charge in [0.1, 0.15) is 17.3 Å². The number of thioether (sulfide) groups is 1. The van der Waals surface area contributed by atoms with Crippen LogP contribution in [0.15, 0.2) is 45.7 Å². The molecule has 25 heavy (non-hydrogen) atoms. The zero-order chi connectivity index (χ0) is 18.0. The number of anilines is 1. The van der Waals surface area contributed by atoms with E-state index >= 15 is 0 Å². The lowest BCUT2D eigenvalue weighted by Gasteiger charge is -2.10. The highest BCUT2D eigenvalue weighted by molar-refractivity contribution is 8.00. The van der Waals surface area contributed by atoms with Crippen LogP contribution in [0.5, 0.6) is 0 Å². The van der Waals surface area contributed by atoms with Crippen LogP contribution < -0.4 is 5.32 Å². The Morgan fingerprint density at radius 3 is 2.56 bits per heavy atom. The first kappa shape index (κ1) is 17.1. The van der Waals surface area contributed by atoms with Gasteiger partial charge in [0.15, 0.2) is 0 Å². The van der Waals surface area contributed by atoms with E-state index in [1.165, 1.54) is 28.5 Å². The first-order valence-electron chi connectivity index (χ1n) is 7.91. The monoisotopic (exact) mass is 350 g/mol. The van der Waals surface area contributed by atoms with Gasteiger partial charge in [0.25, 0.3) is 0 Å². The molecule has 0 atom stereocenters. The van der Waals surface area contributed by atoms with Crippen molar-refractivity contribution in [2.45, 2.75) is 25.7 Å². The van der Waals surface area contributed by atoms with Gasteiger partial charge in [-0.15, -0.1) is 11.8 Å². The molecule has 0 aliphatic carbocycles. The molecule has 0 saturated heterocycles. The summed E-state index contributed by atoms with van der Waals surface area (Å²) in [6.45, 7) is 6.17. The van der Waals surface area contributed by atoms with Gasteiger partial charge in [-0.25, -0.2) is 0 Å². The smallest absolute Gasteiger partial charge is 0.234 e. The number of para-hydroxylation sites is 1. The molecule has 0 fully saturated rings. The van der Waals surface area contributed by atoms with Crippen molar-refractivity contribution in [2.24, 2.45) is 0 Å². The topological polar surface area (TPSA) is 66.0 Å². The number of nitrogens with one attached hydrogen (secondary N) is 1. The van der Waals surface area contributed by atoms with Crippen LogP contribution in [0, 0.1) is 32.1 Å². The summed E-state index contributed by atoms with van der Waals surface area (Å²) in [4.78, 5) is 13.5. The number of fused-ring (bicyclic) bond motifs is 1. The third-order valence-corrected chi connectivity index (χ3v) is 5.25. The summed E-state index contributed by atoms with van der Waals surface area (Å²) in [5.41, 5.74) is 4.59. The Labute approximate surface area is 150 Å². The third-order valence-electron chi connectivity index (χ3n) is 3.91. The second-order valence-electron chi connectivity index (χ2n) is 5.98. The number of hydrogen-bond donors (Lipinski definition) is 1. The van der Waals surface area contributed by atoms with Crippen LogP contribution in [0.2, 0.25) is 0 Å². The Morgan fingerprint density at radius 2 is 1.88 bits per heavy atom. The average Bonchev–Trinajstić information content (AvgIpc) is 2.91. The van der Waals surface area contributed by atoms with Crippen LogP contribution in [-0.2, 0) is 4.79 Å². The second kappa shape index (κ2) is 7.04. The van der Waals surface area contributed by atoms with Crippen LogP contribution in [0.25, 0.3) is 11.0 Å². The molecule has 3 aromatic rings. The molecular weight excluding hydrogens is 332 g/mol. The molecule has 1 amide bonds. The number of carbonyl (C=O) groups is 1. The van der Waals surface area contributed by atoms with Gasteiger partial charge >= 0.3 is 0 Å². The van der Waals surface area contributed by atoms with Gasteiger partial charge in [0.2, 0.25) is 11.7 Å².